The van der Waals surface area contributed by atoms with Crippen LogP contribution >= 0.6 is 0 Å². The molecule has 2 nitrogen and oxygen atoms in total. The van der Waals surface area contributed by atoms with Gasteiger partial charge in [-0.1, -0.05) is 0 Å². The Hall–Kier alpha value is -0.660. The summed E-state index contributed by atoms with van der Waals surface area (Å²) in [6.45, 7) is 0. The number of ketones is 2. The van der Waals surface area contributed by atoms with E-state index in [4.69, 9.17) is 0 Å². The number of fused-ring (bicyclic) bond motifs is 1. The van der Waals surface area contributed by atoms with Crippen molar-refractivity contribution in [1.29, 1.82) is 0 Å². The standard InChI is InChI=1S/C8H10O2/c9-6-2-1-5-3-7(5)8(10)4-6/h5,7H,1-4H2. The first-order valence-corrected chi connectivity index (χ1v) is 3.82. The van der Waals surface area contributed by atoms with Gasteiger partial charge in [0.2, 0.25) is 0 Å². The fraction of sp³-hybridized carbons (Fsp3) is 0.750. The van der Waals surface area contributed by atoms with E-state index in [1.54, 1.807) is 0 Å². The molecule has 2 rings (SSSR count). The summed E-state index contributed by atoms with van der Waals surface area (Å²) in [5, 5.41) is 0. The third-order valence-corrected chi connectivity index (χ3v) is 2.50. The first-order chi connectivity index (χ1) is 4.77. The maximum atomic E-state index is 11.0. The minimum Gasteiger partial charge on any atom is -0.299 e. The number of hydrogen-bond donors (Lipinski definition) is 0. The van der Waals surface area contributed by atoms with Crippen LogP contribution in [-0.4, -0.2) is 11.6 Å². The van der Waals surface area contributed by atoms with E-state index in [1.807, 2.05) is 0 Å². The first-order valence-electron chi connectivity index (χ1n) is 3.82. The maximum absolute atomic E-state index is 11.0. The van der Waals surface area contributed by atoms with Crippen LogP contribution in [0.2, 0.25) is 0 Å². The van der Waals surface area contributed by atoms with Gasteiger partial charge in [-0.25, -0.2) is 0 Å². The molecule has 0 heterocycles. The van der Waals surface area contributed by atoms with Crippen LogP contribution in [-0.2, 0) is 9.59 Å². The summed E-state index contributed by atoms with van der Waals surface area (Å²) >= 11 is 0. The molecule has 2 aliphatic carbocycles. The molecule has 2 saturated carbocycles. The smallest absolute Gasteiger partial charge is 0.143 e. The van der Waals surface area contributed by atoms with Gasteiger partial charge in [-0.2, -0.15) is 0 Å². The number of Topliss-reactive ketones (excluding diaryl/α,β-unsaturated/α-hetero) is 2. The Kier molecular flexibility index (Phi) is 1.16. The fourth-order valence-electron chi connectivity index (χ4n) is 1.72. The largest absolute Gasteiger partial charge is 0.299 e. The Bertz CT molecular complexity index is 195. The highest BCUT2D eigenvalue weighted by Crippen LogP contribution is 2.45. The normalized spacial score (nSPS) is 38.8. The van der Waals surface area contributed by atoms with Crippen molar-refractivity contribution in [3.05, 3.63) is 0 Å². The summed E-state index contributed by atoms with van der Waals surface area (Å²) in [7, 11) is 0. The van der Waals surface area contributed by atoms with E-state index in [1.165, 1.54) is 0 Å². The van der Waals surface area contributed by atoms with Gasteiger partial charge in [0.05, 0.1) is 6.42 Å². The van der Waals surface area contributed by atoms with Crippen molar-refractivity contribution in [2.75, 3.05) is 0 Å². The lowest BCUT2D eigenvalue weighted by Crippen LogP contribution is -2.06. The van der Waals surface area contributed by atoms with Crippen LogP contribution in [0, 0.1) is 11.8 Å². The van der Waals surface area contributed by atoms with Gasteiger partial charge >= 0.3 is 0 Å². The van der Waals surface area contributed by atoms with Crippen LogP contribution in [0.3, 0.4) is 0 Å². The third kappa shape index (κ3) is 0.877. The predicted octanol–water partition coefficient (Wildman–Crippen LogP) is 0.945. The van der Waals surface area contributed by atoms with Crippen molar-refractivity contribution >= 4 is 11.6 Å². The van der Waals surface area contributed by atoms with Crippen molar-refractivity contribution in [2.45, 2.75) is 25.7 Å². The van der Waals surface area contributed by atoms with Gasteiger partial charge in [-0.05, 0) is 18.8 Å². The molecule has 0 bridgehead atoms. The molecule has 0 aromatic heterocycles. The SMILES string of the molecule is O=C1CCC2CC2C(=O)C1. The highest BCUT2D eigenvalue weighted by atomic mass is 16.1. The fourth-order valence-corrected chi connectivity index (χ4v) is 1.72. The van der Waals surface area contributed by atoms with Crippen LogP contribution in [0.15, 0.2) is 0 Å². The Balaban J connectivity index is 2.10. The zero-order chi connectivity index (χ0) is 7.14. The highest BCUT2D eigenvalue weighted by Gasteiger charge is 2.44. The van der Waals surface area contributed by atoms with Crippen molar-refractivity contribution in [3.8, 4) is 0 Å². The second-order valence-corrected chi connectivity index (χ2v) is 3.32. The zero-order valence-corrected chi connectivity index (χ0v) is 5.80. The maximum Gasteiger partial charge on any atom is 0.143 e. The average molecular weight is 138 g/mol. The third-order valence-electron chi connectivity index (χ3n) is 2.50. The van der Waals surface area contributed by atoms with Crippen molar-refractivity contribution < 1.29 is 9.59 Å². The molecule has 2 aliphatic rings. The van der Waals surface area contributed by atoms with Gasteiger partial charge in [0, 0.05) is 12.3 Å². The molecule has 2 unspecified atom stereocenters. The van der Waals surface area contributed by atoms with Crippen LogP contribution < -0.4 is 0 Å². The van der Waals surface area contributed by atoms with E-state index in [0.717, 1.165) is 12.8 Å². The van der Waals surface area contributed by atoms with Gasteiger partial charge in [0.25, 0.3) is 0 Å². The van der Waals surface area contributed by atoms with Gasteiger partial charge in [0.15, 0.2) is 0 Å². The molecule has 2 heteroatoms. The molecule has 54 valence electrons. The van der Waals surface area contributed by atoms with Crippen molar-refractivity contribution in [3.63, 3.8) is 0 Å². The molecule has 0 aliphatic heterocycles. The number of carbonyl (C=O) groups excluding carboxylic acids is 2. The van der Waals surface area contributed by atoms with Crippen molar-refractivity contribution in [2.24, 2.45) is 11.8 Å². The molecule has 0 spiro atoms. The summed E-state index contributed by atoms with van der Waals surface area (Å²) in [6.07, 6.45) is 2.90. The summed E-state index contributed by atoms with van der Waals surface area (Å²) < 4.78 is 0. The summed E-state index contributed by atoms with van der Waals surface area (Å²) in [4.78, 5) is 21.9. The molecule has 0 saturated heterocycles. The molecule has 0 N–H and O–H groups in total. The number of rotatable bonds is 0. The monoisotopic (exact) mass is 138 g/mol. The van der Waals surface area contributed by atoms with Gasteiger partial charge in [-0.15, -0.1) is 0 Å². The Morgan fingerprint density at radius 1 is 1.30 bits per heavy atom. The summed E-state index contributed by atoms with van der Waals surface area (Å²) in [5.41, 5.74) is 0. The quantitative estimate of drug-likeness (QED) is 0.467. The minimum atomic E-state index is 0.150. The zero-order valence-electron chi connectivity index (χ0n) is 5.80. The van der Waals surface area contributed by atoms with E-state index in [2.05, 4.69) is 0 Å². The molecular weight excluding hydrogens is 128 g/mol. The summed E-state index contributed by atoms with van der Waals surface area (Å²) in [5.74, 6) is 1.22. The highest BCUT2D eigenvalue weighted by molar-refractivity contribution is 6.02. The van der Waals surface area contributed by atoms with Crippen LogP contribution in [0.25, 0.3) is 0 Å². The van der Waals surface area contributed by atoms with Gasteiger partial charge < -0.3 is 0 Å². The average Bonchev–Trinajstić information content (AvgIpc) is 2.59. The molecule has 0 aromatic carbocycles. The van der Waals surface area contributed by atoms with E-state index in [0.29, 0.717) is 12.3 Å². The molecule has 2 atom stereocenters. The minimum absolute atomic E-state index is 0.150. The number of hydrogen-bond acceptors (Lipinski definition) is 2. The molecule has 2 fully saturated rings. The van der Waals surface area contributed by atoms with E-state index >= 15 is 0 Å². The lowest BCUT2D eigenvalue weighted by molar-refractivity contribution is -0.127. The molecule has 0 radical (unpaired) electrons. The Labute approximate surface area is 59.6 Å². The van der Waals surface area contributed by atoms with E-state index in [-0.39, 0.29) is 23.9 Å². The van der Waals surface area contributed by atoms with Crippen LogP contribution in [0.4, 0.5) is 0 Å². The van der Waals surface area contributed by atoms with Gasteiger partial charge in [-0.3, -0.25) is 9.59 Å². The molecule has 0 aromatic rings. The molecular formula is C8H10O2. The Morgan fingerprint density at radius 2 is 2.10 bits per heavy atom. The second-order valence-electron chi connectivity index (χ2n) is 3.32. The Morgan fingerprint density at radius 3 is 2.90 bits per heavy atom. The lowest BCUT2D eigenvalue weighted by Gasteiger charge is -1.91. The number of carbonyl (C=O) groups is 2. The molecule has 0 amide bonds. The van der Waals surface area contributed by atoms with E-state index < -0.39 is 0 Å². The lowest BCUT2D eigenvalue weighted by atomic mass is 10.1. The summed E-state index contributed by atoms with van der Waals surface area (Å²) in [6, 6.07) is 0. The topological polar surface area (TPSA) is 34.1 Å². The predicted molar refractivity (Wildman–Crippen MR) is 35.5 cm³/mol. The van der Waals surface area contributed by atoms with Crippen molar-refractivity contribution in [1.82, 2.24) is 0 Å². The molecule has 10 heavy (non-hydrogen) atoms. The van der Waals surface area contributed by atoms with Crippen LogP contribution in [0.5, 0.6) is 0 Å². The second kappa shape index (κ2) is 1.91. The van der Waals surface area contributed by atoms with E-state index in [9.17, 15) is 9.59 Å². The first kappa shape index (κ1) is 6.08. The van der Waals surface area contributed by atoms with Crippen LogP contribution in [0.1, 0.15) is 25.7 Å². The van der Waals surface area contributed by atoms with Gasteiger partial charge in [0.1, 0.15) is 11.6 Å².